The molecular formula is C21H24N2O3. The number of amides is 1. The fourth-order valence-electron chi connectivity index (χ4n) is 2.84. The van der Waals surface area contributed by atoms with Crippen molar-refractivity contribution in [2.45, 2.75) is 32.9 Å². The molecule has 2 aromatic carbocycles. The van der Waals surface area contributed by atoms with Gasteiger partial charge in [0, 0.05) is 17.0 Å². The summed E-state index contributed by atoms with van der Waals surface area (Å²) in [6, 6.07) is 15.2. The summed E-state index contributed by atoms with van der Waals surface area (Å²) < 4.78 is 10.9. The van der Waals surface area contributed by atoms with E-state index in [1.165, 1.54) is 0 Å². The van der Waals surface area contributed by atoms with Crippen LogP contribution in [0.3, 0.4) is 0 Å². The zero-order valence-electron chi connectivity index (χ0n) is 15.5. The molecule has 0 saturated carbocycles. The number of hydrogen-bond donors (Lipinski definition) is 2. The van der Waals surface area contributed by atoms with Gasteiger partial charge in [-0.05, 0) is 56.7 Å². The molecule has 2 N–H and O–H groups in total. The first-order chi connectivity index (χ1) is 12.5. The Hall–Kier alpha value is -2.95. The molecule has 0 bridgehead atoms. The summed E-state index contributed by atoms with van der Waals surface area (Å²) in [6.45, 7) is 5.93. The zero-order valence-corrected chi connectivity index (χ0v) is 15.5. The molecule has 3 aromatic rings. The van der Waals surface area contributed by atoms with E-state index in [1.807, 2.05) is 69.3 Å². The van der Waals surface area contributed by atoms with Crippen LogP contribution in [0.1, 0.15) is 42.9 Å². The SMILES string of the molecule is COc1ccc2cc(C(=O)NC(C)c3cccc(OC(C)C)c3)[nH]c2c1. The highest BCUT2D eigenvalue weighted by atomic mass is 16.5. The number of fused-ring (bicyclic) bond motifs is 1. The molecule has 1 atom stereocenters. The van der Waals surface area contributed by atoms with Gasteiger partial charge in [0.05, 0.1) is 19.3 Å². The van der Waals surface area contributed by atoms with Crippen molar-refractivity contribution in [1.82, 2.24) is 10.3 Å². The van der Waals surface area contributed by atoms with Crippen LogP contribution in [0.15, 0.2) is 48.5 Å². The van der Waals surface area contributed by atoms with Gasteiger partial charge in [0.2, 0.25) is 0 Å². The van der Waals surface area contributed by atoms with Crippen molar-refractivity contribution >= 4 is 16.8 Å². The van der Waals surface area contributed by atoms with Crippen LogP contribution in [0.4, 0.5) is 0 Å². The third-order valence-corrected chi connectivity index (χ3v) is 4.15. The molecule has 0 saturated heterocycles. The van der Waals surface area contributed by atoms with Crippen LogP contribution in [0.5, 0.6) is 11.5 Å². The number of aromatic amines is 1. The molecule has 0 spiro atoms. The number of carbonyl (C=O) groups excluding carboxylic acids is 1. The number of aromatic nitrogens is 1. The van der Waals surface area contributed by atoms with Crippen LogP contribution in [0, 0.1) is 0 Å². The number of hydrogen-bond acceptors (Lipinski definition) is 3. The predicted octanol–water partition coefficient (Wildman–Crippen LogP) is 4.45. The van der Waals surface area contributed by atoms with Gasteiger partial charge < -0.3 is 19.8 Å². The highest BCUT2D eigenvalue weighted by Gasteiger charge is 2.14. The molecule has 0 radical (unpaired) electrons. The first kappa shape index (κ1) is 17.9. The maximum absolute atomic E-state index is 12.6. The Morgan fingerprint density at radius 1 is 1.04 bits per heavy atom. The fourth-order valence-corrected chi connectivity index (χ4v) is 2.84. The van der Waals surface area contributed by atoms with E-state index < -0.39 is 0 Å². The smallest absolute Gasteiger partial charge is 0.268 e. The first-order valence-electron chi connectivity index (χ1n) is 8.70. The summed E-state index contributed by atoms with van der Waals surface area (Å²) in [5.41, 5.74) is 2.39. The van der Waals surface area contributed by atoms with Crippen LogP contribution < -0.4 is 14.8 Å². The molecule has 0 fully saturated rings. The van der Waals surface area contributed by atoms with Gasteiger partial charge in [-0.3, -0.25) is 4.79 Å². The van der Waals surface area contributed by atoms with Crippen molar-refractivity contribution in [1.29, 1.82) is 0 Å². The zero-order chi connectivity index (χ0) is 18.7. The molecule has 5 nitrogen and oxygen atoms in total. The van der Waals surface area contributed by atoms with Gasteiger partial charge in [-0.25, -0.2) is 0 Å². The van der Waals surface area contributed by atoms with Gasteiger partial charge >= 0.3 is 0 Å². The Kier molecular flexibility index (Phi) is 5.16. The summed E-state index contributed by atoms with van der Waals surface area (Å²) in [4.78, 5) is 15.8. The number of methoxy groups -OCH3 is 1. The molecular weight excluding hydrogens is 328 g/mol. The number of H-pyrrole nitrogens is 1. The van der Waals surface area contributed by atoms with Crippen LogP contribution in [0.2, 0.25) is 0 Å². The van der Waals surface area contributed by atoms with E-state index in [2.05, 4.69) is 10.3 Å². The van der Waals surface area contributed by atoms with Crippen molar-refractivity contribution in [3.8, 4) is 11.5 Å². The van der Waals surface area contributed by atoms with Gasteiger partial charge in [-0.1, -0.05) is 12.1 Å². The summed E-state index contributed by atoms with van der Waals surface area (Å²) in [5, 5.41) is 3.99. The average molecular weight is 352 g/mol. The molecule has 0 aliphatic rings. The summed E-state index contributed by atoms with van der Waals surface area (Å²) in [5.74, 6) is 1.40. The topological polar surface area (TPSA) is 63.4 Å². The Balaban J connectivity index is 1.75. The van der Waals surface area contributed by atoms with Gasteiger partial charge in [-0.2, -0.15) is 0 Å². The van der Waals surface area contributed by atoms with Gasteiger partial charge in [0.15, 0.2) is 0 Å². The van der Waals surface area contributed by atoms with E-state index in [-0.39, 0.29) is 18.1 Å². The maximum Gasteiger partial charge on any atom is 0.268 e. The minimum Gasteiger partial charge on any atom is -0.497 e. The Morgan fingerprint density at radius 3 is 2.58 bits per heavy atom. The van der Waals surface area contributed by atoms with Crippen molar-refractivity contribution in [3.05, 3.63) is 59.8 Å². The minimum atomic E-state index is -0.150. The van der Waals surface area contributed by atoms with Crippen LogP contribution in [-0.2, 0) is 0 Å². The van der Waals surface area contributed by atoms with Crippen LogP contribution in [0.25, 0.3) is 10.9 Å². The van der Waals surface area contributed by atoms with Gasteiger partial charge in [0.25, 0.3) is 5.91 Å². The van der Waals surface area contributed by atoms with Crippen LogP contribution >= 0.6 is 0 Å². The second-order valence-corrected chi connectivity index (χ2v) is 6.57. The molecule has 136 valence electrons. The monoisotopic (exact) mass is 352 g/mol. The maximum atomic E-state index is 12.6. The van der Waals surface area contributed by atoms with Crippen molar-refractivity contribution in [2.75, 3.05) is 7.11 Å². The largest absolute Gasteiger partial charge is 0.497 e. The molecule has 0 aliphatic carbocycles. The molecule has 1 amide bonds. The normalized spacial score (nSPS) is 12.2. The number of rotatable bonds is 6. The quantitative estimate of drug-likeness (QED) is 0.689. The Morgan fingerprint density at radius 2 is 1.85 bits per heavy atom. The second-order valence-electron chi connectivity index (χ2n) is 6.57. The molecule has 1 unspecified atom stereocenters. The summed E-state index contributed by atoms with van der Waals surface area (Å²) >= 11 is 0. The number of nitrogens with one attached hydrogen (secondary N) is 2. The van der Waals surface area contributed by atoms with E-state index in [0.717, 1.165) is 28.0 Å². The third kappa shape index (κ3) is 3.99. The van der Waals surface area contributed by atoms with Gasteiger partial charge in [0.1, 0.15) is 17.2 Å². The molecule has 0 aliphatic heterocycles. The lowest BCUT2D eigenvalue weighted by Gasteiger charge is -2.16. The third-order valence-electron chi connectivity index (χ3n) is 4.15. The molecule has 3 rings (SSSR count). The highest BCUT2D eigenvalue weighted by Crippen LogP contribution is 2.23. The van der Waals surface area contributed by atoms with Crippen LogP contribution in [-0.4, -0.2) is 24.1 Å². The lowest BCUT2D eigenvalue weighted by Crippen LogP contribution is -2.26. The first-order valence-corrected chi connectivity index (χ1v) is 8.70. The fraction of sp³-hybridized carbons (Fsp3) is 0.286. The van der Waals surface area contributed by atoms with E-state index in [9.17, 15) is 4.79 Å². The van der Waals surface area contributed by atoms with Gasteiger partial charge in [-0.15, -0.1) is 0 Å². The Bertz CT molecular complexity index is 915. The van der Waals surface area contributed by atoms with E-state index >= 15 is 0 Å². The lowest BCUT2D eigenvalue weighted by molar-refractivity contribution is 0.0935. The number of benzene rings is 2. The lowest BCUT2D eigenvalue weighted by atomic mass is 10.1. The molecule has 26 heavy (non-hydrogen) atoms. The highest BCUT2D eigenvalue weighted by molar-refractivity contribution is 5.98. The summed E-state index contributed by atoms with van der Waals surface area (Å²) in [6.07, 6.45) is 0.110. The predicted molar refractivity (Wildman–Crippen MR) is 103 cm³/mol. The molecule has 1 aromatic heterocycles. The number of carbonyl (C=O) groups is 1. The molecule has 5 heteroatoms. The Labute approximate surface area is 153 Å². The standard InChI is InChI=1S/C21H24N2O3/c1-13(2)26-18-7-5-6-15(10-18)14(3)22-21(24)20-11-16-8-9-17(25-4)12-19(16)23-20/h5-14,23H,1-4H3,(H,22,24). The van der Waals surface area contributed by atoms with E-state index in [4.69, 9.17) is 9.47 Å². The summed E-state index contributed by atoms with van der Waals surface area (Å²) in [7, 11) is 1.62. The van der Waals surface area contributed by atoms with Crippen molar-refractivity contribution in [3.63, 3.8) is 0 Å². The second kappa shape index (κ2) is 7.52. The minimum absolute atomic E-state index is 0.110. The van der Waals surface area contributed by atoms with E-state index in [1.54, 1.807) is 7.11 Å². The molecule has 1 heterocycles. The van der Waals surface area contributed by atoms with Crippen molar-refractivity contribution < 1.29 is 14.3 Å². The van der Waals surface area contributed by atoms with E-state index in [0.29, 0.717) is 5.69 Å². The number of ether oxygens (including phenoxy) is 2. The average Bonchev–Trinajstić information content (AvgIpc) is 3.04. The van der Waals surface area contributed by atoms with Crippen molar-refractivity contribution in [2.24, 2.45) is 0 Å².